The van der Waals surface area contributed by atoms with Crippen molar-refractivity contribution in [1.82, 2.24) is 4.98 Å². The third kappa shape index (κ3) is 3.01. The molecule has 1 N–H and O–H groups in total. The number of hydrogen-bond donors (Lipinski definition) is 1. The van der Waals surface area contributed by atoms with Crippen LogP contribution in [0, 0.1) is 0 Å². The van der Waals surface area contributed by atoms with Crippen molar-refractivity contribution in [1.29, 1.82) is 0 Å². The first-order chi connectivity index (χ1) is 12.4. The van der Waals surface area contributed by atoms with Crippen molar-refractivity contribution in [2.24, 2.45) is 0 Å². The number of carbonyl (C=O) groups excluding carboxylic acids is 1. The number of thiazole rings is 1. The maximum Gasteiger partial charge on any atom is 0.418 e. The van der Waals surface area contributed by atoms with Gasteiger partial charge in [0.05, 0.1) is 15.8 Å². The van der Waals surface area contributed by atoms with E-state index in [0.717, 1.165) is 28.2 Å². The van der Waals surface area contributed by atoms with Gasteiger partial charge in [0.15, 0.2) is 5.13 Å². The minimum atomic E-state index is -4.49. The molecule has 130 valence electrons. The molecule has 0 fully saturated rings. The SMILES string of the molecule is O=C(Nc1nc2c(C(F)(F)F)cccc2s1)c1ccc2ccccc2c1. The number of benzene rings is 3. The molecule has 1 heterocycles. The highest BCUT2D eigenvalue weighted by Crippen LogP contribution is 2.37. The number of carbonyl (C=O) groups is 1. The molecule has 4 rings (SSSR count). The standard InChI is InChI=1S/C19H11F3N2OS/c20-19(21,22)14-6-3-7-15-16(14)23-18(26-15)24-17(25)13-9-8-11-4-1-2-5-12(11)10-13/h1-10H,(H,23,24,25). The van der Waals surface area contributed by atoms with Crippen LogP contribution in [0.4, 0.5) is 18.3 Å². The van der Waals surface area contributed by atoms with Gasteiger partial charge in [-0.05, 0) is 35.0 Å². The summed E-state index contributed by atoms with van der Waals surface area (Å²) < 4.78 is 39.6. The predicted molar refractivity (Wildman–Crippen MR) is 96.5 cm³/mol. The number of aromatic nitrogens is 1. The van der Waals surface area contributed by atoms with Gasteiger partial charge in [-0.3, -0.25) is 10.1 Å². The Balaban J connectivity index is 1.67. The van der Waals surface area contributed by atoms with E-state index in [-0.39, 0.29) is 10.6 Å². The molecule has 0 bridgehead atoms. The summed E-state index contributed by atoms with van der Waals surface area (Å²) >= 11 is 1.01. The molecule has 26 heavy (non-hydrogen) atoms. The molecule has 0 unspecified atom stereocenters. The van der Waals surface area contributed by atoms with Gasteiger partial charge in [0, 0.05) is 5.56 Å². The molecule has 0 aliphatic carbocycles. The van der Waals surface area contributed by atoms with Crippen molar-refractivity contribution in [2.75, 3.05) is 5.32 Å². The number of rotatable bonds is 2. The highest BCUT2D eigenvalue weighted by atomic mass is 32.1. The van der Waals surface area contributed by atoms with E-state index in [1.165, 1.54) is 6.07 Å². The van der Waals surface area contributed by atoms with Crippen LogP contribution >= 0.6 is 11.3 Å². The van der Waals surface area contributed by atoms with E-state index in [9.17, 15) is 18.0 Å². The molecule has 7 heteroatoms. The average molecular weight is 372 g/mol. The second-order valence-electron chi connectivity index (χ2n) is 5.69. The third-order valence-corrected chi connectivity index (χ3v) is 4.89. The van der Waals surface area contributed by atoms with E-state index >= 15 is 0 Å². The lowest BCUT2D eigenvalue weighted by molar-refractivity contribution is -0.136. The second kappa shape index (κ2) is 6.10. The first-order valence-corrected chi connectivity index (χ1v) is 8.50. The summed E-state index contributed by atoms with van der Waals surface area (Å²) in [6.45, 7) is 0. The van der Waals surface area contributed by atoms with E-state index in [4.69, 9.17) is 0 Å². The van der Waals surface area contributed by atoms with Gasteiger partial charge in [0.2, 0.25) is 0 Å². The molecule has 3 nitrogen and oxygen atoms in total. The monoisotopic (exact) mass is 372 g/mol. The first kappa shape index (κ1) is 16.5. The molecule has 0 saturated heterocycles. The predicted octanol–water partition coefficient (Wildman–Crippen LogP) is 5.72. The van der Waals surface area contributed by atoms with Crippen LogP contribution in [0.3, 0.4) is 0 Å². The Morgan fingerprint density at radius 1 is 0.962 bits per heavy atom. The molecule has 3 aromatic carbocycles. The number of alkyl halides is 3. The zero-order chi connectivity index (χ0) is 18.3. The molecule has 0 saturated carbocycles. The fourth-order valence-corrected chi connectivity index (χ4v) is 3.62. The summed E-state index contributed by atoms with van der Waals surface area (Å²) in [4.78, 5) is 16.4. The Morgan fingerprint density at radius 3 is 2.50 bits per heavy atom. The van der Waals surface area contributed by atoms with Gasteiger partial charge in [0.1, 0.15) is 0 Å². The quantitative estimate of drug-likeness (QED) is 0.489. The van der Waals surface area contributed by atoms with Crippen LogP contribution in [0.1, 0.15) is 15.9 Å². The first-order valence-electron chi connectivity index (χ1n) is 7.69. The maximum atomic E-state index is 13.1. The second-order valence-corrected chi connectivity index (χ2v) is 6.72. The topological polar surface area (TPSA) is 42.0 Å². The Morgan fingerprint density at radius 2 is 1.73 bits per heavy atom. The van der Waals surface area contributed by atoms with Crippen molar-refractivity contribution < 1.29 is 18.0 Å². The van der Waals surface area contributed by atoms with Crippen LogP contribution in [-0.2, 0) is 6.18 Å². The summed E-state index contributed by atoms with van der Waals surface area (Å²) in [6.07, 6.45) is -4.49. The minimum absolute atomic E-state index is 0.134. The molecular formula is C19H11F3N2OS. The van der Waals surface area contributed by atoms with Gasteiger partial charge >= 0.3 is 6.18 Å². The fourth-order valence-electron chi connectivity index (χ4n) is 2.73. The molecule has 0 radical (unpaired) electrons. The minimum Gasteiger partial charge on any atom is -0.298 e. The van der Waals surface area contributed by atoms with E-state index in [1.807, 2.05) is 30.3 Å². The number of nitrogens with one attached hydrogen (secondary N) is 1. The third-order valence-electron chi connectivity index (χ3n) is 3.96. The lowest BCUT2D eigenvalue weighted by atomic mass is 10.1. The number of halogens is 3. The van der Waals surface area contributed by atoms with E-state index in [0.29, 0.717) is 10.3 Å². The van der Waals surface area contributed by atoms with Crippen molar-refractivity contribution in [3.05, 3.63) is 71.8 Å². The van der Waals surface area contributed by atoms with Crippen LogP contribution in [0.5, 0.6) is 0 Å². The molecule has 0 atom stereocenters. The number of amides is 1. The van der Waals surface area contributed by atoms with Crippen LogP contribution in [-0.4, -0.2) is 10.9 Å². The maximum absolute atomic E-state index is 13.1. The smallest absolute Gasteiger partial charge is 0.298 e. The number of para-hydroxylation sites is 1. The molecule has 0 aliphatic rings. The lowest BCUT2D eigenvalue weighted by Gasteiger charge is -2.06. The zero-order valence-electron chi connectivity index (χ0n) is 13.2. The number of fused-ring (bicyclic) bond motifs is 2. The Kier molecular flexibility index (Phi) is 3.88. The van der Waals surface area contributed by atoms with Gasteiger partial charge in [-0.2, -0.15) is 13.2 Å². The van der Waals surface area contributed by atoms with E-state index in [2.05, 4.69) is 10.3 Å². The lowest BCUT2D eigenvalue weighted by Crippen LogP contribution is -2.11. The highest BCUT2D eigenvalue weighted by molar-refractivity contribution is 7.22. The van der Waals surface area contributed by atoms with Gasteiger partial charge in [0.25, 0.3) is 5.91 Å². The molecule has 0 aliphatic heterocycles. The molecule has 4 aromatic rings. The van der Waals surface area contributed by atoms with Crippen LogP contribution in [0.2, 0.25) is 0 Å². The Bertz CT molecular complexity index is 1130. The highest BCUT2D eigenvalue weighted by Gasteiger charge is 2.33. The van der Waals surface area contributed by atoms with Crippen molar-refractivity contribution >= 4 is 43.4 Å². The fraction of sp³-hybridized carbons (Fsp3) is 0.0526. The Hall–Kier alpha value is -2.93. The molecular weight excluding hydrogens is 361 g/mol. The van der Waals surface area contributed by atoms with Crippen LogP contribution in [0.25, 0.3) is 21.0 Å². The summed E-state index contributed by atoms with van der Waals surface area (Å²) in [5.74, 6) is -0.414. The summed E-state index contributed by atoms with van der Waals surface area (Å²) in [5, 5.41) is 4.63. The van der Waals surface area contributed by atoms with Gasteiger partial charge in [-0.15, -0.1) is 0 Å². The Labute approximate surface area is 150 Å². The largest absolute Gasteiger partial charge is 0.418 e. The number of nitrogens with zero attached hydrogens (tertiary/aromatic N) is 1. The molecule has 0 spiro atoms. The number of hydrogen-bond acceptors (Lipinski definition) is 3. The number of anilines is 1. The van der Waals surface area contributed by atoms with Crippen LogP contribution in [0.15, 0.2) is 60.7 Å². The van der Waals surface area contributed by atoms with Crippen molar-refractivity contribution in [2.45, 2.75) is 6.18 Å². The van der Waals surface area contributed by atoms with Crippen molar-refractivity contribution in [3.63, 3.8) is 0 Å². The summed E-state index contributed by atoms with van der Waals surface area (Å²) in [7, 11) is 0. The summed E-state index contributed by atoms with van der Waals surface area (Å²) in [6, 6.07) is 16.7. The van der Waals surface area contributed by atoms with Gasteiger partial charge < -0.3 is 0 Å². The average Bonchev–Trinajstić information content (AvgIpc) is 3.02. The zero-order valence-corrected chi connectivity index (χ0v) is 14.0. The summed E-state index contributed by atoms with van der Waals surface area (Å²) in [5.41, 5.74) is -0.546. The van der Waals surface area contributed by atoms with Crippen LogP contribution < -0.4 is 5.32 Å². The molecule has 1 amide bonds. The van der Waals surface area contributed by atoms with Gasteiger partial charge in [-0.25, -0.2) is 4.98 Å². The molecule has 1 aromatic heterocycles. The van der Waals surface area contributed by atoms with E-state index in [1.54, 1.807) is 18.2 Å². The van der Waals surface area contributed by atoms with Crippen molar-refractivity contribution in [3.8, 4) is 0 Å². The van der Waals surface area contributed by atoms with Gasteiger partial charge in [-0.1, -0.05) is 47.7 Å². The van der Waals surface area contributed by atoms with E-state index < -0.39 is 17.6 Å². The normalized spacial score (nSPS) is 11.8.